The lowest BCUT2D eigenvalue weighted by Crippen LogP contribution is -2.58. The van der Waals surface area contributed by atoms with E-state index in [4.69, 9.17) is 5.11 Å². The van der Waals surface area contributed by atoms with Gasteiger partial charge in [0, 0.05) is 6.92 Å². The molecule has 0 saturated carbocycles. The largest absolute Gasteiger partial charge is 0.480 e. The van der Waals surface area contributed by atoms with Gasteiger partial charge in [-0.2, -0.15) is 0 Å². The fourth-order valence-electron chi connectivity index (χ4n) is 1.12. The lowest BCUT2D eigenvalue weighted by molar-refractivity contribution is -0.147. The monoisotopic (exact) mass is 186 g/mol. The summed E-state index contributed by atoms with van der Waals surface area (Å²) in [5.74, 6) is -1.85. The van der Waals surface area contributed by atoms with Crippen molar-refractivity contribution in [2.45, 2.75) is 13.0 Å². The molecule has 6 heteroatoms. The summed E-state index contributed by atoms with van der Waals surface area (Å²) in [6.45, 7) is 1.28. The molecule has 2 amide bonds. The zero-order valence-corrected chi connectivity index (χ0v) is 7.11. The lowest BCUT2D eigenvalue weighted by Gasteiger charge is -2.29. The van der Waals surface area contributed by atoms with Crippen molar-refractivity contribution in [2.75, 3.05) is 13.1 Å². The van der Waals surface area contributed by atoms with E-state index < -0.39 is 17.9 Å². The molecular formula is C7H10N2O4. The van der Waals surface area contributed by atoms with E-state index >= 15 is 0 Å². The molecule has 1 aliphatic rings. The van der Waals surface area contributed by atoms with Crippen molar-refractivity contribution in [3.63, 3.8) is 0 Å². The third-order valence-electron chi connectivity index (χ3n) is 1.82. The average Bonchev–Trinajstić information content (AvgIpc) is 2.03. The van der Waals surface area contributed by atoms with Crippen LogP contribution in [-0.4, -0.2) is 46.9 Å². The third kappa shape index (κ3) is 2.17. The first kappa shape index (κ1) is 9.50. The van der Waals surface area contributed by atoms with Crippen LogP contribution in [0.4, 0.5) is 0 Å². The number of hydrogen-bond donors (Lipinski definition) is 2. The highest BCUT2D eigenvalue weighted by molar-refractivity contribution is 5.90. The molecule has 13 heavy (non-hydrogen) atoms. The van der Waals surface area contributed by atoms with E-state index in [-0.39, 0.29) is 19.0 Å². The Morgan fingerprint density at radius 1 is 1.62 bits per heavy atom. The minimum atomic E-state index is -1.13. The molecular weight excluding hydrogens is 176 g/mol. The van der Waals surface area contributed by atoms with Crippen molar-refractivity contribution in [3.05, 3.63) is 0 Å². The van der Waals surface area contributed by atoms with E-state index in [9.17, 15) is 14.4 Å². The summed E-state index contributed by atoms with van der Waals surface area (Å²) in [5, 5.41) is 10.9. The smallest absolute Gasteiger partial charge is 0.328 e. The van der Waals surface area contributed by atoms with Crippen LogP contribution in [-0.2, 0) is 14.4 Å². The van der Waals surface area contributed by atoms with Crippen molar-refractivity contribution >= 4 is 17.8 Å². The highest BCUT2D eigenvalue weighted by Crippen LogP contribution is 2.00. The molecule has 1 fully saturated rings. The number of carboxylic acids is 1. The first-order valence-electron chi connectivity index (χ1n) is 3.78. The van der Waals surface area contributed by atoms with Gasteiger partial charge in [0.2, 0.25) is 11.8 Å². The molecule has 0 aliphatic carbocycles. The first-order valence-corrected chi connectivity index (χ1v) is 3.78. The van der Waals surface area contributed by atoms with E-state index in [1.54, 1.807) is 0 Å². The van der Waals surface area contributed by atoms with Crippen molar-refractivity contribution in [3.8, 4) is 0 Å². The predicted molar refractivity (Wildman–Crippen MR) is 41.8 cm³/mol. The molecule has 6 nitrogen and oxygen atoms in total. The van der Waals surface area contributed by atoms with Gasteiger partial charge in [-0.25, -0.2) is 4.79 Å². The average molecular weight is 186 g/mol. The number of carbonyl (C=O) groups is 3. The molecule has 0 radical (unpaired) electrons. The van der Waals surface area contributed by atoms with Gasteiger partial charge in [0.05, 0.1) is 13.1 Å². The Morgan fingerprint density at radius 3 is 2.69 bits per heavy atom. The van der Waals surface area contributed by atoms with Gasteiger partial charge in [-0.15, -0.1) is 0 Å². The fraction of sp³-hybridized carbons (Fsp3) is 0.571. The molecule has 0 spiro atoms. The van der Waals surface area contributed by atoms with Gasteiger partial charge in [-0.1, -0.05) is 0 Å². The van der Waals surface area contributed by atoms with Gasteiger partial charge < -0.3 is 15.3 Å². The van der Waals surface area contributed by atoms with E-state index in [1.165, 1.54) is 11.8 Å². The summed E-state index contributed by atoms with van der Waals surface area (Å²) in [6, 6.07) is -0.981. The second-order valence-electron chi connectivity index (χ2n) is 2.86. The predicted octanol–water partition coefficient (Wildman–Crippen LogP) is -1.58. The van der Waals surface area contributed by atoms with E-state index in [0.717, 1.165) is 0 Å². The molecule has 1 heterocycles. The SMILES string of the molecule is CC(=O)N1CC(=O)N[C@@H](C(=O)O)C1. The number of carboxylic acid groups (broad SMARTS) is 1. The third-order valence-corrected chi connectivity index (χ3v) is 1.82. The Morgan fingerprint density at radius 2 is 2.23 bits per heavy atom. The van der Waals surface area contributed by atoms with Crippen LogP contribution in [0.1, 0.15) is 6.92 Å². The molecule has 1 rings (SSSR count). The molecule has 0 aromatic heterocycles. The van der Waals surface area contributed by atoms with E-state index in [2.05, 4.69) is 5.32 Å². The molecule has 1 atom stereocenters. The lowest BCUT2D eigenvalue weighted by atomic mass is 10.2. The van der Waals surface area contributed by atoms with Crippen molar-refractivity contribution in [1.29, 1.82) is 0 Å². The second kappa shape index (κ2) is 3.42. The number of rotatable bonds is 1. The minimum absolute atomic E-state index is 0.0381. The molecule has 0 unspecified atom stereocenters. The van der Waals surface area contributed by atoms with Crippen LogP contribution >= 0.6 is 0 Å². The summed E-state index contributed by atoms with van der Waals surface area (Å²) < 4.78 is 0. The maximum atomic E-state index is 10.9. The topological polar surface area (TPSA) is 86.7 Å². The number of piperazine rings is 1. The summed E-state index contributed by atoms with van der Waals surface area (Å²) in [5.41, 5.74) is 0. The Kier molecular flexibility index (Phi) is 2.50. The molecule has 2 N–H and O–H groups in total. The number of nitrogens with one attached hydrogen (secondary N) is 1. The molecule has 1 saturated heterocycles. The van der Waals surface area contributed by atoms with Crippen molar-refractivity contribution in [1.82, 2.24) is 10.2 Å². The van der Waals surface area contributed by atoms with Crippen LogP contribution in [0.3, 0.4) is 0 Å². The minimum Gasteiger partial charge on any atom is -0.480 e. The maximum Gasteiger partial charge on any atom is 0.328 e. The number of hydrogen-bond acceptors (Lipinski definition) is 3. The Balaban J connectivity index is 2.68. The van der Waals surface area contributed by atoms with Crippen LogP contribution < -0.4 is 5.32 Å². The van der Waals surface area contributed by atoms with Crippen molar-refractivity contribution in [2.24, 2.45) is 0 Å². The summed E-state index contributed by atoms with van der Waals surface area (Å²) >= 11 is 0. The summed E-state index contributed by atoms with van der Waals surface area (Å²) in [7, 11) is 0. The zero-order valence-electron chi connectivity index (χ0n) is 7.11. The Bertz CT molecular complexity index is 239. The van der Waals surface area contributed by atoms with Gasteiger partial charge in [-0.3, -0.25) is 9.59 Å². The standard InChI is InChI=1S/C7H10N2O4/c1-4(10)9-2-5(7(12)13)8-6(11)3-9/h5H,2-3H2,1H3,(H,8,11)(H,12,13)/t5-/m1/s1. The number of nitrogens with zero attached hydrogens (tertiary/aromatic N) is 1. The Hall–Kier alpha value is -1.59. The van der Waals surface area contributed by atoms with Gasteiger partial charge in [0.15, 0.2) is 0 Å². The van der Waals surface area contributed by atoms with Crippen LogP contribution in [0, 0.1) is 0 Å². The molecule has 0 aromatic rings. The fourth-order valence-corrected chi connectivity index (χ4v) is 1.12. The van der Waals surface area contributed by atoms with E-state index in [1.807, 2.05) is 0 Å². The quantitative estimate of drug-likeness (QED) is 0.517. The highest BCUT2D eigenvalue weighted by Gasteiger charge is 2.30. The van der Waals surface area contributed by atoms with Crippen molar-refractivity contribution < 1.29 is 19.5 Å². The number of amides is 2. The van der Waals surface area contributed by atoms with Gasteiger partial charge in [-0.05, 0) is 0 Å². The Labute approximate surface area is 74.5 Å². The summed E-state index contributed by atoms with van der Waals surface area (Å²) in [6.07, 6.45) is 0. The normalized spacial score (nSPS) is 22.4. The molecule has 72 valence electrons. The zero-order chi connectivity index (χ0) is 10.0. The maximum absolute atomic E-state index is 10.9. The molecule has 1 aliphatic heterocycles. The van der Waals surface area contributed by atoms with Crippen LogP contribution in [0.2, 0.25) is 0 Å². The first-order chi connectivity index (χ1) is 6.00. The van der Waals surface area contributed by atoms with E-state index in [0.29, 0.717) is 0 Å². The van der Waals surface area contributed by atoms with Crippen LogP contribution in [0.5, 0.6) is 0 Å². The number of aliphatic carboxylic acids is 1. The van der Waals surface area contributed by atoms with Gasteiger partial charge >= 0.3 is 5.97 Å². The van der Waals surface area contributed by atoms with Gasteiger partial charge in [0.1, 0.15) is 6.04 Å². The molecule has 0 bridgehead atoms. The van der Waals surface area contributed by atoms with Gasteiger partial charge in [0.25, 0.3) is 0 Å². The summed E-state index contributed by atoms with van der Waals surface area (Å²) in [4.78, 5) is 33.5. The highest BCUT2D eigenvalue weighted by atomic mass is 16.4. The molecule has 0 aromatic carbocycles. The van der Waals surface area contributed by atoms with Crippen LogP contribution in [0.25, 0.3) is 0 Å². The second-order valence-corrected chi connectivity index (χ2v) is 2.86. The number of carbonyl (C=O) groups excluding carboxylic acids is 2. The van der Waals surface area contributed by atoms with Crippen LogP contribution in [0.15, 0.2) is 0 Å².